The number of thiophene rings is 1. The monoisotopic (exact) mass is 361 g/mol. The Hall–Kier alpha value is -1.61. The van der Waals surface area contributed by atoms with Gasteiger partial charge in [-0.2, -0.15) is 0 Å². The Morgan fingerprint density at radius 1 is 1.14 bits per heavy atom. The van der Waals surface area contributed by atoms with Gasteiger partial charge < -0.3 is 9.47 Å². The van der Waals surface area contributed by atoms with Gasteiger partial charge in [-0.1, -0.05) is 11.6 Å². The van der Waals surface area contributed by atoms with Crippen LogP contribution in [0.4, 0.5) is 0 Å². The lowest BCUT2D eigenvalue weighted by Gasteiger charge is -2.07. The third-order valence-corrected chi connectivity index (χ3v) is 4.65. The zero-order valence-corrected chi connectivity index (χ0v) is 13.6. The fraction of sp³-hybridized carbons (Fsp3) is 0.154. The first-order valence-electron chi connectivity index (χ1n) is 6.04. The van der Waals surface area contributed by atoms with Crippen LogP contribution in [-0.4, -0.2) is 27.6 Å². The predicted octanol–water partition coefficient (Wildman–Crippen LogP) is 2.28. The number of esters is 1. The van der Waals surface area contributed by atoms with Crippen molar-refractivity contribution >= 4 is 38.9 Å². The van der Waals surface area contributed by atoms with E-state index in [0.717, 1.165) is 11.3 Å². The zero-order valence-electron chi connectivity index (χ0n) is 11.2. The van der Waals surface area contributed by atoms with Crippen molar-refractivity contribution in [3.63, 3.8) is 0 Å². The maximum atomic E-state index is 11.6. The highest BCUT2D eigenvalue weighted by Crippen LogP contribution is 2.22. The molecular formula is C13H12ClNO5S2. The number of benzene rings is 1. The molecule has 6 nitrogen and oxygen atoms in total. The Morgan fingerprint density at radius 2 is 1.82 bits per heavy atom. The van der Waals surface area contributed by atoms with Crippen LogP contribution in [0.15, 0.2) is 41.3 Å². The van der Waals surface area contributed by atoms with Crippen LogP contribution in [0.3, 0.4) is 0 Å². The molecule has 0 unspecified atom stereocenters. The Labute approximate surface area is 136 Å². The number of hydrogen-bond donors (Lipinski definition) is 1. The third-order valence-electron chi connectivity index (χ3n) is 2.51. The van der Waals surface area contributed by atoms with E-state index in [-0.39, 0.29) is 18.1 Å². The van der Waals surface area contributed by atoms with Gasteiger partial charge in [0.2, 0.25) is 10.0 Å². The molecule has 0 atom stereocenters. The zero-order chi connectivity index (χ0) is 16.2. The second-order valence-electron chi connectivity index (χ2n) is 4.10. The highest BCUT2D eigenvalue weighted by molar-refractivity contribution is 7.89. The molecule has 0 spiro atoms. The van der Waals surface area contributed by atoms with E-state index >= 15 is 0 Å². The molecule has 0 bridgehead atoms. The number of ether oxygens (including phenoxy) is 2. The van der Waals surface area contributed by atoms with Crippen molar-refractivity contribution in [3.8, 4) is 5.75 Å². The molecule has 0 aliphatic rings. The molecule has 0 fully saturated rings. The van der Waals surface area contributed by atoms with Crippen molar-refractivity contribution in [1.29, 1.82) is 0 Å². The fourth-order valence-electron chi connectivity index (χ4n) is 1.51. The summed E-state index contributed by atoms with van der Waals surface area (Å²) in [6.45, 7) is 0.199. The first-order valence-corrected chi connectivity index (χ1v) is 8.78. The second-order valence-corrected chi connectivity index (χ2v) is 7.38. The first kappa shape index (κ1) is 16.8. The van der Waals surface area contributed by atoms with E-state index in [4.69, 9.17) is 26.2 Å². The molecular weight excluding hydrogens is 350 g/mol. The molecule has 2 rings (SSSR count). The van der Waals surface area contributed by atoms with E-state index in [1.54, 1.807) is 12.1 Å². The summed E-state index contributed by atoms with van der Waals surface area (Å²) in [5.41, 5.74) is 0. The summed E-state index contributed by atoms with van der Waals surface area (Å²) in [6, 6.07) is 8.82. The third kappa shape index (κ3) is 4.70. The van der Waals surface area contributed by atoms with Gasteiger partial charge in [-0.05, 0) is 36.4 Å². The number of nitrogens with two attached hydrogens (primary N) is 1. The van der Waals surface area contributed by atoms with Gasteiger partial charge in [0.15, 0.2) is 0 Å². The molecule has 1 heterocycles. The van der Waals surface area contributed by atoms with Crippen LogP contribution < -0.4 is 9.88 Å². The SMILES string of the molecule is NS(=O)(=O)c1ccc(OCCOC(=O)c2ccc(Cl)s2)cc1. The topological polar surface area (TPSA) is 95.7 Å². The molecule has 118 valence electrons. The van der Waals surface area contributed by atoms with Crippen molar-refractivity contribution in [2.75, 3.05) is 13.2 Å². The number of hydrogen-bond acceptors (Lipinski definition) is 6. The molecule has 2 N–H and O–H groups in total. The number of sulfonamides is 1. The van der Waals surface area contributed by atoms with Crippen LogP contribution in [0, 0.1) is 0 Å². The van der Waals surface area contributed by atoms with E-state index in [1.807, 2.05) is 0 Å². The highest BCUT2D eigenvalue weighted by atomic mass is 35.5. The van der Waals surface area contributed by atoms with Gasteiger partial charge in [0.1, 0.15) is 23.8 Å². The van der Waals surface area contributed by atoms with E-state index in [1.165, 1.54) is 24.3 Å². The smallest absolute Gasteiger partial charge is 0.348 e. The van der Waals surface area contributed by atoms with Crippen LogP contribution in [0.5, 0.6) is 5.75 Å². The largest absolute Gasteiger partial charge is 0.490 e. The number of carbonyl (C=O) groups excluding carboxylic acids is 1. The average molecular weight is 362 g/mol. The lowest BCUT2D eigenvalue weighted by Crippen LogP contribution is -2.13. The first-order chi connectivity index (χ1) is 10.4. The summed E-state index contributed by atoms with van der Waals surface area (Å²) in [5, 5.41) is 4.98. The number of carbonyl (C=O) groups is 1. The molecule has 1 aromatic heterocycles. The van der Waals surface area contributed by atoms with Gasteiger partial charge in [-0.15, -0.1) is 11.3 Å². The normalized spacial score (nSPS) is 11.2. The van der Waals surface area contributed by atoms with E-state index < -0.39 is 16.0 Å². The minimum Gasteiger partial charge on any atom is -0.490 e. The predicted molar refractivity (Wildman–Crippen MR) is 82.9 cm³/mol. The molecule has 0 radical (unpaired) electrons. The van der Waals surface area contributed by atoms with Crippen LogP contribution >= 0.6 is 22.9 Å². The quantitative estimate of drug-likeness (QED) is 0.629. The van der Waals surface area contributed by atoms with Crippen molar-refractivity contribution in [3.05, 3.63) is 45.6 Å². The van der Waals surface area contributed by atoms with Crippen molar-refractivity contribution < 1.29 is 22.7 Å². The van der Waals surface area contributed by atoms with E-state index in [2.05, 4.69) is 0 Å². The van der Waals surface area contributed by atoms with Gasteiger partial charge in [0.05, 0.1) is 9.23 Å². The lowest BCUT2D eigenvalue weighted by molar-refractivity contribution is 0.0456. The minimum absolute atomic E-state index is 0.000789. The molecule has 0 aliphatic carbocycles. The number of halogens is 1. The van der Waals surface area contributed by atoms with Crippen LogP contribution in [-0.2, 0) is 14.8 Å². The second kappa shape index (κ2) is 7.10. The standard InChI is InChI=1S/C13H12ClNO5S2/c14-12-6-5-11(21-12)13(16)20-8-7-19-9-1-3-10(4-2-9)22(15,17)18/h1-6H,7-8H2,(H2,15,17,18). The Kier molecular flexibility index (Phi) is 5.41. The van der Waals surface area contributed by atoms with Crippen LogP contribution in [0.1, 0.15) is 9.67 Å². The number of rotatable bonds is 6. The van der Waals surface area contributed by atoms with Gasteiger partial charge in [-0.25, -0.2) is 18.4 Å². The molecule has 22 heavy (non-hydrogen) atoms. The van der Waals surface area contributed by atoms with Crippen molar-refractivity contribution in [2.45, 2.75) is 4.90 Å². The Balaban J connectivity index is 1.78. The molecule has 2 aromatic rings. The van der Waals surface area contributed by atoms with Gasteiger partial charge in [-0.3, -0.25) is 0 Å². The molecule has 0 amide bonds. The summed E-state index contributed by atoms with van der Waals surface area (Å²) in [6.07, 6.45) is 0. The van der Waals surface area contributed by atoms with Crippen LogP contribution in [0.2, 0.25) is 4.34 Å². The summed E-state index contributed by atoms with van der Waals surface area (Å²) in [4.78, 5) is 12.0. The van der Waals surface area contributed by atoms with Gasteiger partial charge >= 0.3 is 5.97 Å². The summed E-state index contributed by atoms with van der Waals surface area (Å²) >= 11 is 6.86. The molecule has 9 heteroatoms. The van der Waals surface area contributed by atoms with E-state index in [9.17, 15) is 13.2 Å². The molecule has 0 aliphatic heterocycles. The maximum Gasteiger partial charge on any atom is 0.348 e. The minimum atomic E-state index is -3.72. The van der Waals surface area contributed by atoms with Gasteiger partial charge in [0, 0.05) is 0 Å². The van der Waals surface area contributed by atoms with Gasteiger partial charge in [0.25, 0.3) is 0 Å². The molecule has 0 saturated carbocycles. The van der Waals surface area contributed by atoms with Crippen LogP contribution in [0.25, 0.3) is 0 Å². The lowest BCUT2D eigenvalue weighted by atomic mass is 10.3. The number of primary sulfonamides is 1. The van der Waals surface area contributed by atoms with E-state index in [0.29, 0.717) is 15.0 Å². The fourth-order valence-corrected chi connectivity index (χ4v) is 2.97. The maximum absolute atomic E-state index is 11.6. The summed E-state index contributed by atoms with van der Waals surface area (Å²) < 4.78 is 33.0. The average Bonchev–Trinajstić information content (AvgIpc) is 2.89. The van der Waals surface area contributed by atoms with Crippen molar-refractivity contribution in [2.24, 2.45) is 5.14 Å². The highest BCUT2D eigenvalue weighted by Gasteiger charge is 2.10. The molecule has 1 aromatic carbocycles. The Bertz CT molecular complexity index is 755. The van der Waals surface area contributed by atoms with Crippen molar-refractivity contribution in [1.82, 2.24) is 0 Å². The summed E-state index contributed by atoms with van der Waals surface area (Å²) in [5.74, 6) is -0.0207. The Morgan fingerprint density at radius 3 is 2.36 bits per heavy atom. The molecule has 0 saturated heterocycles. The summed E-state index contributed by atoms with van der Waals surface area (Å²) in [7, 11) is -3.72.